The fraction of sp³-hybridized carbons (Fsp3) is 0.237. The van der Waals surface area contributed by atoms with Crippen molar-refractivity contribution in [1.82, 2.24) is 24.9 Å². The number of aryl methyl sites for hydroxylation is 15. The molecule has 5 radical (unpaired) electrons. The quantitative estimate of drug-likeness (QED) is 0.0349. The molecule has 15 nitrogen and oxygen atoms in total. The van der Waals surface area contributed by atoms with Gasteiger partial charge in [-0.2, -0.15) is 0 Å². The second-order valence-corrected chi connectivity index (χ2v) is 40.1. The maximum Gasteiger partial charge on any atom is 0.155 e. The minimum atomic E-state index is -1.28. The van der Waals surface area contributed by atoms with E-state index in [1.54, 1.807) is 0 Å². The van der Waals surface area contributed by atoms with Crippen molar-refractivity contribution in [2.75, 3.05) is 0 Å². The number of fused-ring (bicyclic) bond motifs is 5. The summed E-state index contributed by atoms with van der Waals surface area (Å²) in [5.74, 6) is -0.312. The number of rotatable bonds is 11. The van der Waals surface area contributed by atoms with Crippen LogP contribution in [0.15, 0.2) is 266 Å². The van der Waals surface area contributed by atoms with E-state index in [-0.39, 0.29) is 158 Å². The largest absolute Gasteiger partial charge is 0.512 e. The van der Waals surface area contributed by atoms with Gasteiger partial charge in [0.05, 0.1) is 58.9 Å². The summed E-state index contributed by atoms with van der Waals surface area (Å²) >= 11 is 0. The second-order valence-electron chi connectivity index (χ2n) is 35.0. The Morgan fingerprint density at radius 3 is 0.986 bits per heavy atom. The van der Waals surface area contributed by atoms with Crippen molar-refractivity contribution in [2.24, 2.45) is 0 Å². The molecule has 0 aliphatic heterocycles. The Morgan fingerprint density at radius 2 is 0.604 bits per heavy atom. The van der Waals surface area contributed by atoms with Crippen molar-refractivity contribution in [3.63, 3.8) is 0 Å². The van der Waals surface area contributed by atoms with Crippen molar-refractivity contribution in [1.29, 1.82) is 0 Å². The Balaban J connectivity index is 0.000000794. The van der Waals surface area contributed by atoms with E-state index in [2.05, 4.69) is 347 Å². The van der Waals surface area contributed by atoms with Gasteiger partial charge in [0.2, 0.25) is 0 Å². The summed E-state index contributed by atoms with van der Waals surface area (Å²) < 4.78 is 0. The summed E-state index contributed by atoms with van der Waals surface area (Å²) in [5.41, 5.74) is 33.0. The summed E-state index contributed by atoms with van der Waals surface area (Å²) in [6.07, 6.45) is 7.77. The number of pyridine rings is 5. The monoisotopic (exact) mass is 2770 g/mol. The third-order valence-electron chi connectivity index (χ3n) is 19.8. The van der Waals surface area contributed by atoms with E-state index in [0.29, 0.717) is 0 Å². The number of carbonyl (C=O) groups is 5. The number of ketones is 5. The Labute approximate surface area is 891 Å². The normalized spacial score (nSPS) is 10.8. The van der Waals surface area contributed by atoms with Crippen LogP contribution in [0, 0.1) is 134 Å². The predicted octanol–water partition coefficient (Wildman–Crippen LogP) is 28.9. The zero-order valence-corrected chi connectivity index (χ0v) is 97.7. The molecular formula is C118H128Ir5N5O10Si-5. The van der Waals surface area contributed by atoms with Gasteiger partial charge in [0.15, 0.2) is 28.9 Å². The van der Waals surface area contributed by atoms with Crippen molar-refractivity contribution in [2.45, 2.75) is 193 Å². The van der Waals surface area contributed by atoms with Crippen LogP contribution in [0.4, 0.5) is 0 Å². The van der Waals surface area contributed by atoms with Crippen LogP contribution in [0.3, 0.4) is 0 Å². The van der Waals surface area contributed by atoms with Crippen LogP contribution in [-0.4, -0.2) is 87.4 Å². The van der Waals surface area contributed by atoms with Crippen LogP contribution in [0.1, 0.15) is 153 Å². The van der Waals surface area contributed by atoms with Crippen molar-refractivity contribution >= 4 is 96.6 Å². The number of aliphatic hydroxyl groups is 5. The first-order chi connectivity index (χ1) is 62.9. The molecular weight excluding hydrogens is 2640 g/mol. The molecule has 739 valence electrons. The molecule has 15 aromatic rings. The maximum atomic E-state index is 10.0. The predicted molar refractivity (Wildman–Crippen MR) is 559 cm³/mol. The Hall–Kier alpha value is -11.2. The molecule has 10 aromatic carbocycles. The SMILES string of the molecule is CC(=O)C=C(C)O.CC(=O)C=C(C)O.CC(=O)C=C(C)O.CC(=O)C=C(C)O.CC(=O)C=C(C)O.Cc1[c-]c(-c2cc(C)c3ccc(C)cc3n2)cc(C)c1.Cc1[c-]c(-c2ccc3c(C)cc(C)cc3n2)cc(C)c1.Cc1[c-]c(-c2ccc3cc(C)ccc3n2)cc(C)c1.Cc1[c-]c(-c2ccc3cc([Si](C)(C)C)ccc3n2)cc(C)c1.Cc1cc[c-]c(-c2ncc3ccccc3c2C)c1.[Ir].[Ir].[Ir].[Ir].[Ir]. The third kappa shape index (κ3) is 44.4. The van der Waals surface area contributed by atoms with E-state index < -0.39 is 8.07 Å². The van der Waals surface area contributed by atoms with Crippen LogP contribution in [0.25, 0.3) is 111 Å². The van der Waals surface area contributed by atoms with Gasteiger partial charge in [-0.25, -0.2) is 0 Å². The Bertz CT molecular complexity index is 6650. The van der Waals surface area contributed by atoms with E-state index in [0.717, 1.165) is 101 Å². The fourth-order valence-corrected chi connectivity index (χ4v) is 15.6. The number of nitrogens with zero attached hydrogens (tertiary/aromatic N) is 5. The van der Waals surface area contributed by atoms with Crippen molar-refractivity contribution < 1.29 is 150 Å². The molecule has 15 rings (SSSR count). The molecule has 0 aliphatic carbocycles. The number of allylic oxidation sites excluding steroid dienone is 10. The first kappa shape index (κ1) is 126. The molecule has 0 spiro atoms. The molecule has 5 heterocycles. The number of hydrogen-bond donors (Lipinski definition) is 5. The molecule has 139 heavy (non-hydrogen) atoms. The standard InChI is InChI=1S/C20H22NSi.2C19H18N.C18H16N.C17H14N.5C5H8O2.5Ir/c1-14-10-15(2)12-17(11-14)20-8-6-16-13-18(22(3,4)5)7-9-19(16)21-20;1-12-7-13(2)10-16(9-12)18-6-5-17-15(4)8-14(3)11-19(17)20-18;1-12-5-6-17-15(4)11-18(20-19(17)10-12)16-8-13(2)7-14(3)9-16;1-12-4-6-17-15(9-12)5-7-18(19-17)16-10-13(2)8-14(3)11-16;1-12-6-5-8-14(10-12)17-13(2)16-9-4-3-7-15(16)11-18-17;5*1-4(6)3-5(2)7;;;;;/h6-11,13H,1-5H3;5-9,11H,1-4H3;5-8,10-11H,1-4H3;4-10H,1-3H3;3-7,9-11H,1-2H3;5*3,6H,1-2H3;;;;;/q5*-1;;;;;;;;;;. The van der Waals surface area contributed by atoms with Gasteiger partial charge < -0.3 is 30.5 Å². The van der Waals surface area contributed by atoms with E-state index >= 15 is 0 Å². The average Bonchev–Trinajstić information content (AvgIpc) is 0.740. The van der Waals surface area contributed by atoms with Crippen LogP contribution < -0.4 is 5.19 Å². The minimum absolute atomic E-state index is 0. The molecule has 5 N–H and O–H groups in total. The summed E-state index contributed by atoms with van der Waals surface area (Å²) in [6, 6.07) is 87.3. The maximum absolute atomic E-state index is 10.0. The van der Waals surface area contributed by atoms with Gasteiger partial charge in [-0.3, -0.25) is 43.9 Å². The van der Waals surface area contributed by atoms with Crippen LogP contribution >= 0.6 is 0 Å². The van der Waals surface area contributed by atoms with Crippen LogP contribution in [-0.2, 0) is 124 Å². The topological polar surface area (TPSA) is 251 Å². The smallest absolute Gasteiger partial charge is 0.155 e. The number of aliphatic hydroxyl groups excluding tert-OH is 5. The summed E-state index contributed by atoms with van der Waals surface area (Å²) in [5, 5.41) is 50.6. The van der Waals surface area contributed by atoms with Gasteiger partial charge in [0.25, 0.3) is 0 Å². The molecule has 0 saturated heterocycles. The van der Waals surface area contributed by atoms with Crippen LogP contribution in [0.2, 0.25) is 19.6 Å². The molecule has 0 amide bonds. The molecule has 0 atom stereocenters. The molecule has 21 heteroatoms. The van der Waals surface area contributed by atoms with Gasteiger partial charge in [0.1, 0.15) is 0 Å². The summed E-state index contributed by atoms with van der Waals surface area (Å²) in [7, 11) is -1.28. The van der Waals surface area contributed by atoms with E-state index in [9.17, 15) is 24.0 Å². The number of benzene rings is 10. The molecule has 0 saturated carbocycles. The van der Waals surface area contributed by atoms with Gasteiger partial charge in [0, 0.05) is 148 Å². The van der Waals surface area contributed by atoms with Crippen LogP contribution in [0.5, 0.6) is 0 Å². The first-order valence-corrected chi connectivity index (χ1v) is 47.7. The number of hydrogen-bond acceptors (Lipinski definition) is 15. The third-order valence-corrected chi connectivity index (χ3v) is 21.8. The minimum Gasteiger partial charge on any atom is -0.512 e. The van der Waals surface area contributed by atoms with E-state index in [1.807, 2.05) is 18.3 Å². The van der Waals surface area contributed by atoms with Gasteiger partial charge in [-0.15, -0.1) is 175 Å². The van der Waals surface area contributed by atoms with Crippen molar-refractivity contribution in [3.05, 3.63) is 379 Å². The summed E-state index contributed by atoms with van der Waals surface area (Å²) in [6.45, 7) is 52.9. The molecule has 0 bridgehead atoms. The van der Waals surface area contributed by atoms with E-state index in [4.69, 9.17) is 45.5 Å². The van der Waals surface area contributed by atoms with Gasteiger partial charge in [-0.05, 0) is 213 Å². The first-order valence-electron chi connectivity index (χ1n) is 44.2. The van der Waals surface area contributed by atoms with Gasteiger partial charge in [-0.1, -0.05) is 201 Å². The number of carbonyl (C=O) groups excluding carboxylic acids is 5. The zero-order valence-electron chi connectivity index (χ0n) is 84.7. The van der Waals surface area contributed by atoms with Crippen molar-refractivity contribution in [3.8, 4) is 56.3 Å². The molecule has 0 unspecified atom stereocenters. The Kier molecular flexibility index (Phi) is 54.9. The molecule has 5 aromatic heterocycles. The van der Waals surface area contributed by atoms with Gasteiger partial charge >= 0.3 is 0 Å². The summed E-state index contributed by atoms with van der Waals surface area (Å²) in [4.78, 5) is 73.9. The zero-order chi connectivity index (χ0) is 99.7. The Morgan fingerprint density at radius 1 is 0.288 bits per heavy atom. The fourth-order valence-electron chi connectivity index (χ4n) is 14.4. The van der Waals surface area contributed by atoms with E-state index in [1.165, 1.54) is 198 Å². The number of aromatic nitrogens is 5. The average molecular weight is 2770 g/mol. The second kappa shape index (κ2) is 60.7. The molecule has 0 fully saturated rings. The molecule has 0 aliphatic rings.